The molecule has 1 amide bonds. The lowest BCUT2D eigenvalue weighted by Gasteiger charge is -2.32. The van der Waals surface area contributed by atoms with Crippen molar-refractivity contribution < 1.29 is 4.79 Å². The number of piperidine rings is 1. The van der Waals surface area contributed by atoms with Crippen LogP contribution in [0.25, 0.3) is 0 Å². The van der Waals surface area contributed by atoms with E-state index in [1.165, 1.54) is 0 Å². The first kappa shape index (κ1) is 18.2. The van der Waals surface area contributed by atoms with Crippen molar-refractivity contribution in [2.75, 3.05) is 13.1 Å². The van der Waals surface area contributed by atoms with E-state index < -0.39 is 0 Å². The van der Waals surface area contributed by atoms with Crippen molar-refractivity contribution in [2.45, 2.75) is 25.9 Å². The zero-order valence-electron chi connectivity index (χ0n) is 13.9. The van der Waals surface area contributed by atoms with E-state index in [2.05, 4.69) is 15.2 Å². The molecule has 0 radical (unpaired) electrons. The average Bonchev–Trinajstić information content (AvgIpc) is 2.63. The first-order valence-electron chi connectivity index (χ1n) is 8.45. The van der Waals surface area contributed by atoms with Crippen molar-refractivity contribution in [3.05, 3.63) is 63.9 Å². The molecule has 1 atom stereocenters. The summed E-state index contributed by atoms with van der Waals surface area (Å²) in [6.07, 6.45) is 5.41. The number of pyridine rings is 1. The minimum Gasteiger partial charge on any atom is -0.352 e. The van der Waals surface area contributed by atoms with E-state index in [1.807, 2.05) is 24.3 Å². The van der Waals surface area contributed by atoms with Gasteiger partial charge in [-0.25, -0.2) is 0 Å². The van der Waals surface area contributed by atoms with Crippen molar-refractivity contribution >= 4 is 29.1 Å². The van der Waals surface area contributed by atoms with E-state index in [-0.39, 0.29) is 11.8 Å². The van der Waals surface area contributed by atoms with Crippen LogP contribution in [0, 0.1) is 5.92 Å². The number of carbonyl (C=O) groups excluding carboxylic acids is 1. The van der Waals surface area contributed by atoms with Crippen molar-refractivity contribution in [1.29, 1.82) is 0 Å². The van der Waals surface area contributed by atoms with Crippen LogP contribution in [0.2, 0.25) is 10.0 Å². The van der Waals surface area contributed by atoms with Crippen LogP contribution in [0.15, 0.2) is 42.7 Å². The number of rotatable bonds is 5. The first-order valence-corrected chi connectivity index (χ1v) is 9.20. The van der Waals surface area contributed by atoms with Crippen LogP contribution in [0.3, 0.4) is 0 Å². The Labute approximate surface area is 158 Å². The molecule has 6 heteroatoms. The van der Waals surface area contributed by atoms with Gasteiger partial charge in [0.1, 0.15) is 0 Å². The van der Waals surface area contributed by atoms with Gasteiger partial charge in [0.25, 0.3) is 0 Å². The zero-order valence-corrected chi connectivity index (χ0v) is 15.4. The SMILES string of the molecule is O=C(NCc1ccncc1)C1CCCN(Cc2ccc(Cl)cc2Cl)C1. The maximum Gasteiger partial charge on any atom is 0.224 e. The number of carbonyl (C=O) groups is 1. The van der Waals surface area contributed by atoms with Gasteiger partial charge < -0.3 is 5.32 Å². The number of hydrogen-bond donors (Lipinski definition) is 1. The molecule has 0 saturated carbocycles. The smallest absolute Gasteiger partial charge is 0.224 e. The fraction of sp³-hybridized carbons (Fsp3) is 0.368. The molecule has 0 aliphatic carbocycles. The summed E-state index contributed by atoms with van der Waals surface area (Å²) in [6, 6.07) is 9.40. The summed E-state index contributed by atoms with van der Waals surface area (Å²) in [4.78, 5) is 18.8. The molecule has 4 nitrogen and oxygen atoms in total. The summed E-state index contributed by atoms with van der Waals surface area (Å²) >= 11 is 12.2. The Hall–Kier alpha value is -1.62. The minimum absolute atomic E-state index is 0.0154. The molecule has 1 aliphatic rings. The third-order valence-electron chi connectivity index (χ3n) is 4.50. The van der Waals surface area contributed by atoms with E-state index in [9.17, 15) is 4.79 Å². The second-order valence-electron chi connectivity index (χ2n) is 6.38. The number of hydrogen-bond acceptors (Lipinski definition) is 3. The number of benzene rings is 1. The van der Waals surface area contributed by atoms with Gasteiger partial charge in [-0.2, -0.15) is 0 Å². The Morgan fingerprint density at radius 3 is 2.80 bits per heavy atom. The molecule has 1 fully saturated rings. The van der Waals surface area contributed by atoms with Crippen LogP contribution in [0.5, 0.6) is 0 Å². The van der Waals surface area contributed by atoms with E-state index in [0.717, 1.165) is 43.6 Å². The van der Waals surface area contributed by atoms with Crippen molar-refractivity contribution in [2.24, 2.45) is 5.92 Å². The molecular weight excluding hydrogens is 357 g/mol. The molecule has 1 saturated heterocycles. The second kappa shape index (κ2) is 8.65. The Balaban J connectivity index is 1.54. The lowest BCUT2D eigenvalue weighted by atomic mass is 9.96. The normalized spacial score (nSPS) is 18.1. The molecule has 1 aromatic carbocycles. The van der Waals surface area contributed by atoms with E-state index >= 15 is 0 Å². The van der Waals surface area contributed by atoms with Gasteiger partial charge in [-0.15, -0.1) is 0 Å². The number of amides is 1. The molecule has 1 aromatic heterocycles. The van der Waals surface area contributed by atoms with E-state index in [1.54, 1.807) is 18.5 Å². The van der Waals surface area contributed by atoms with Crippen LogP contribution in [-0.4, -0.2) is 28.9 Å². The number of halogens is 2. The van der Waals surface area contributed by atoms with Crippen LogP contribution in [-0.2, 0) is 17.9 Å². The highest BCUT2D eigenvalue weighted by Gasteiger charge is 2.25. The first-order chi connectivity index (χ1) is 12.1. The molecular formula is C19H21Cl2N3O. The Bertz CT molecular complexity index is 724. The molecule has 25 heavy (non-hydrogen) atoms. The third-order valence-corrected chi connectivity index (χ3v) is 5.09. The fourth-order valence-electron chi connectivity index (χ4n) is 3.14. The second-order valence-corrected chi connectivity index (χ2v) is 7.23. The zero-order chi connectivity index (χ0) is 17.6. The summed E-state index contributed by atoms with van der Waals surface area (Å²) < 4.78 is 0. The molecule has 1 N–H and O–H groups in total. The summed E-state index contributed by atoms with van der Waals surface area (Å²) in [7, 11) is 0. The minimum atomic E-state index is 0.0154. The van der Waals surface area contributed by atoms with E-state index in [0.29, 0.717) is 16.6 Å². The van der Waals surface area contributed by atoms with Crippen LogP contribution in [0.4, 0.5) is 0 Å². The Morgan fingerprint density at radius 1 is 1.24 bits per heavy atom. The van der Waals surface area contributed by atoms with Crippen molar-refractivity contribution in [1.82, 2.24) is 15.2 Å². The summed E-state index contributed by atoms with van der Waals surface area (Å²) in [5.41, 5.74) is 2.10. The van der Waals surface area contributed by atoms with Gasteiger partial charge in [-0.05, 0) is 54.8 Å². The molecule has 3 rings (SSSR count). The topological polar surface area (TPSA) is 45.2 Å². The molecule has 2 aromatic rings. The van der Waals surface area contributed by atoms with Crippen molar-refractivity contribution in [3.63, 3.8) is 0 Å². The third kappa shape index (κ3) is 5.18. The quantitative estimate of drug-likeness (QED) is 0.858. The number of nitrogens with zero attached hydrogens (tertiary/aromatic N) is 2. The van der Waals surface area contributed by atoms with Crippen molar-refractivity contribution in [3.8, 4) is 0 Å². The maximum absolute atomic E-state index is 12.5. The van der Waals surface area contributed by atoms with Crippen LogP contribution >= 0.6 is 23.2 Å². The predicted octanol–water partition coefficient (Wildman–Crippen LogP) is 3.92. The lowest BCUT2D eigenvalue weighted by Crippen LogP contribution is -2.42. The largest absolute Gasteiger partial charge is 0.352 e. The monoisotopic (exact) mass is 377 g/mol. The maximum atomic E-state index is 12.5. The highest BCUT2D eigenvalue weighted by atomic mass is 35.5. The highest BCUT2D eigenvalue weighted by molar-refractivity contribution is 6.35. The molecule has 1 aliphatic heterocycles. The van der Waals surface area contributed by atoms with Gasteiger partial charge in [0.2, 0.25) is 5.91 Å². The van der Waals surface area contributed by atoms with Gasteiger partial charge in [-0.1, -0.05) is 29.3 Å². The molecule has 132 valence electrons. The highest BCUT2D eigenvalue weighted by Crippen LogP contribution is 2.25. The van der Waals surface area contributed by atoms with Gasteiger partial charge >= 0.3 is 0 Å². The molecule has 0 bridgehead atoms. The number of aromatic nitrogens is 1. The summed E-state index contributed by atoms with van der Waals surface area (Å²) in [6.45, 7) is 3.01. The Kier molecular flexibility index (Phi) is 6.29. The van der Waals surface area contributed by atoms with Gasteiger partial charge in [0, 0.05) is 42.1 Å². The summed E-state index contributed by atoms with van der Waals surface area (Å²) in [5.74, 6) is 0.130. The standard InChI is InChI=1S/C19H21Cl2N3O/c20-17-4-3-15(18(21)10-17)12-24-9-1-2-16(13-24)19(25)23-11-14-5-7-22-8-6-14/h3-8,10,16H,1-2,9,11-13H2,(H,23,25). The lowest BCUT2D eigenvalue weighted by molar-refractivity contribution is -0.126. The van der Waals surface area contributed by atoms with Gasteiger partial charge in [0.05, 0.1) is 5.92 Å². The average molecular weight is 378 g/mol. The number of nitrogens with one attached hydrogen (secondary N) is 1. The molecule has 2 heterocycles. The molecule has 0 spiro atoms. The number of likely N-dealkylation sites (tertiary alicyclic amines) is 1. The Morgan fingerprint density at radius 2 is 2.04 bits per heavy atom. The predicted molar refractivity (Wildman–Crippen MR) is 101 cm³/mol. The van der Waals surface area contributed by atoms with Crippen LogP contribution < -0.4 is 5.32 Å². The fourth-order valence-corrected chi connectivity index (χ4v) is 3.61. The van der Waals surface area contributed by atoms with Gasteiger partial charge in [-0.3, -0.25) is 14.7 Å². The van der Waals surface area contributed by atoms with Crippen LogP contribution in [0.1, 0.15) is 24.0 Å². The molecule has 1 unspecified atom stereocenters. The van der Waals surface area contributed by atoms with E-state index in [4.69, 9.17) is 23.2 Å². The summed E-state index contributed by atoms with van der Waals surface area (Å²) in [5, 5.41) is 4.35. The van der Waals surface area contributed by atoms with Gasteiger partial charge in [0.15, 0.2) is 0 Å².